The molecule has 1 N–H and O–H groups in total. The molecule has 6 nitrogen and oxygen atoms in total. The van der Waals surface area contributed by atoms with Crippen molar-refractivity contribution in [3.05, 3.63) is 69.7 Å². The summed E-state index contributed by atoms with van der Waals surface area (Å²) in [5.74, 6) is -0.831. The van der Waals surface area contributed by atoms with Gasteiger partial charge in [-0.25, -0.2) is 4.79 Å². The molecule has 3 rings (SSSR count). The highest BCUT2D eigenvalue weighted by molar-refractivity contribution is 9.10. The van der Waals surface area contributed by atoms with Gasteiger partial charge in [-0.2, -0.15) is 0 Å². The van der Waals surface area contributed by atoms with E-state index in [1.165, 1.54) is 7.11 Å². The maximum Gasteiger partial charge on any atom is 0.333 e. The number of nitrogens with one attached hydrogen (secondary N) is 1. The fraction of sp³-hybridized carbons (Fsp3) is 0.333. The molecule has 1 saturated heterocycles. The Bertz CT molecular complexity index is 819. The van der Waals surface area contributed by atoms with Crippen LogP contribution in [0.25, 0.3) is 0 Å². The van der Waals surface area contributed by atoms with E-state index >= 15 is 0 Å². The minimum absolute atomic E-state index is 0.317. The van der Waals surface area contributed by atoms with Crippen molar-refractivity contribution in [2.45, 2.75) is 12.6 Å². The Morgan fingerprint density at radius 3 is 2.57 bits per heavy atom. The van der Waals surface area contributed by atoms with Gasteiger partial charge in [-0.1, -0.05) is 40.2 Å². The molecular formula is C21H23BrN2O4. The van der Waals surface area contributed by atoms with Crippen LogP contribution in [0.4, 0.5) is 0 Å². The van der Waals surface area contributed by atoms with Crippen LogP contribution >= 0.6 is 15.9 Å². The van der Waals surface area contributed by atoms with Crippen LogP contribution in [0.15, 0.2) is 53.0 Å². The van der Waals surface area contributed by atoms with Gasteiger partial charge in [0.25, 0.3) is 5.91 Å². The molecule has 1 atom stereocenters. The number of morpholine rings is 1. The number of methoxy groups -OCH3 is 1. The number of nitrogens with zero attached hydrogens (tertiary/aromatic N) is 1. The third-order valence-electron chi connectivity index (χ3n) is 4.61. The summed E-state index contributed by atoms with van der Waals surface area (Å²) in [7, 11) is 1.31. The van der Waals surface area contributed by atoms with Crippen molar-refractivity contribution in [1.82, 2.24) is 10.2 Å². The number of hydrogen-bond donors (Lipinski definition) is 1. The predicted octanol–water partition coefficient (Wildman–Crippen LogP) is 2.93. The standard InChI is InChI=1S/C21H23BrN2O4/c1-27-21(26)19(16-5-7-18(22)8-6-16)23-20(25)17-4-2-3-15(13-17)14-24-9-11-28-12-10-24/h2-8,13,19H,9-12,14H2,1H3,(H,23,25). The molecule has 1 aliphatic heterocycles. The Morgan fingerprint density at radius 1 is 1.18 bits per heavy atom. The first-order valence-electron chi connectivity index (χ1n) is 9.10. The second-order valence-electron chi connectivity index (χ2n) is 6.57. The second kappa shape index (κ2) is 9.82. The van der Waals surface area contributed by atoms with Gasteiger partial charge in [0.2, 0.25) is 0 Å². The average molecular weight is 447 g/mol. The Balaban J connectivity index is 1.73. The van der Waals surface area contributed by atoms with Gasteiger partial charge < -0.3 is 14.8 Å². The fourth-order valence-corrected chi connectivity index (χ4v) is 3.36. The van der Waals surface area contributed by atoms with Gasteiger partial charge in [-0.3, -0.25) is 9.69 Å². The Kier molecular flexibility index (Phi) is 7.19. The molecule has 1 heterocycles. The molecule has 0 bridgehead atoms. The summed E-state index contributed by atoms with van der Waals surface area (Å²) in [5, 5.41) is 2.79. The van der Waals surface area contributed by atoms with Crippen LogP contribution in [-0.4, -0.2) is 50.2 Å². The molecule has 0 saturated carbocycles. The number of carbonyl (C=O) groups is 2. The molecular weight excluding hydrogens is 424 g/mol. The first-order valence-corrected chi connectivity index (χ1v) is 9.89. The van der Waals surface area contributed by atoms with Gasteiger partial charge in [-0.05, 0) is 35.4 Å². The number of rotatable bonds is 6. The van der Waals surface area contributed by atoms with E-state index in [4.69, 9.17) is 9.47 Å². The molecule has 7 heteroatoms. The molecule has 0 radical (unpaired) electrons. The van der Waals surface area contributed by atoms with Crippen molar-refractivity contribution in [2.75, 3.05) is 33.4 Å². The lowest BCUT2D eigenvalue weighted by molar-refractivity contribution is -0.143. The zero-order chi connectivity index (χ0) is 19.9. The number of ether oxygens (including phenoxy) is 2. The number of carbonyl (C=O) groups excluding carboxylic acids is 2. The smallest absolute Gasteiger partial charge is 0.333 e. The van der Waals surface area contributed by atoms with E-state index in [2.05, 4.69) is 26.1 Å². The number of benzene rings is 2. The zero-order valence-electron chi connectivity index (χ0n) is 15.7. The quantitative estimate of drug-likeness (QED) is 0.690. The van der Waals surface area contributed by atoms with Crippen molar-refractivity contribution in [3.8, 4) is 0 Å². The van der Waals surface area contributed by atoms with Crippen LogP contribution in [0.2, 0.25) is 0 Å². The van der Waals surface area contributed by atoms with Crippen LogP contribution in [0.3, 0.4) is 0 Å². The molecule has 148 valence electrons. The molecule has 1 amide bonds. The molecule has 2 aromatic rings. The third kappa shape index (κ3) is 5.41. The summed E-state index contributed by atoms with van der Waals surface area (Å²) in [5.41, 5.74) is 2.22. The van der Waals surface area contributed by atoms with Crippen molar-refractivity contribution in [3.63, 3.8) is 0 Å². The van der Waals surface area contributed by atoms with E-state index in [9.17, 15) is 9.59 Å². The Labute approximate surface area is 172 Å². The van der Waals surface area contributed by atoms with Crippen LogP contribution < -0.4 is 5.32 Å². The van der Waals surface area contributed by atoms with Crippen LogP contribution in [0.5, 0.6) is 0 Å². The SMILES string of the molecule is COC(=O)C(NC(=O)c1cccc(CN2CCOCC2)c1)c1ccc(Br)cc1. The molecule has 1 fully saturated rings. The summed E-state index contributed by atoms with van der Waals surface area (Å²) in [6, 6.07) is 13.8. The van der Waals surface area contributed by atoms with E-state index in [0.717, 1.165) is 42.9 Å². The largest absolute Gasteiger partial charge is 0.467 e. The molecule has 1 unspecified atom stereocenters. The van der Waals surface area contributed by atoms with E-state index in [1.807, 2.05) is 30.3 Å². The zero-order valence-corrected chi connectivity index (χ0v) is 17.3. The van der Waals surface area contributed by atoms with Crippen molar-refractivity contribution in [2.24, 2.45) is 0 Å². The van der Waals surface area contributed by atoms with Crippen LogP contribution in [0.1, 0.15) is 27.5 Å². The van der Waals surface area contributed by atoms with Crippen molar-refractivity contribution in [1.29, 1.82) is 0 Å². The summed E-state index contributed by atoms with van der Waals surface area (Å²) in [4.78, 5) is 27.3. The molecule has 2 aromatic carbocycles. The van der Waals surface area contributed by atoms with E-state index in [0.29, 0.717) is 11.1 Å². The summed E-state index contributed by atoms with van der Waals surface area (Å²) >= 11 is 3.37. The van der Waals surface area contributed by atoms with Gasteiger partial charge in [0.15, 0.2) is 6.04 Å². The van der Waals surface area contributed by atoms with Crippen molar-refractivity contribution < 1.29 is 19.1 Å². The van der Waals surface area contributed by atoms with Gasteiger partial charge in [-0.15, -0.1) is 0 Å². The van der Waals surface area contributed by atoms with Crippen molar-refractivity contribution >= 4 is 27.8 Å². The summed E-state index contributed by atoms with van der Waals surface area (Å²) in [6.07, 6.45) is 0. The third-order valence-corrected chi connectivity index (χ3v) is 5.14. The lowest BCUT2D eigenvalue weighted by Crippen LogP contribution is -2.36. The maximum absolute atomic E-state index is 12.8. The van der Waals surface area contributed by atoms with E-state index in [-0.39, 0.29) is 5.91 Å². The average Bonchev–Trinajstić information content (AvgIpc) is 2.73. The summed E-state index contributed by atoms with van der Waals surface area (Å²) in [6.45, 7) is 3.98. The van der Waals surface area contributed by atoms with Crippen LogP contribution in [-0.2, 0) is 20.8 Å². The summed E-state index contributed by atoms with van der Waals surface area (Å²) < 4.78 is 11.1. The number of halogens is 1. The van der Waals surface area contributed by atoms with E-state index in [1.54, 1.807) is 18.2 Å². The predicted molar refractivity (Wildman–Crippen MR) is 109 cm³/mol. The monoisotopic (exact) mass is 446 g/mol. The minimum Gasteiger partial charge on any atom is -0.467 e. The van der Waals surface area contributed by atoms with E-state index < -0.39 is 12.0 Å². The molecule has 1 aliphatic rings. The molecule has 0 spiro atoms. The highest BCUT2D eigenvalue weighted by Gasteiger charge is 2.24. The van der Waals surface area contributed by atoms with Gasteiger partial charge in [0.05, 0.1) is 20.3 Å². The molecule has 0 aromatic heterocycles. The van der Waals surface area contributed by atoms with Gasteiger partial charge in [0.1, 0.15) is 0 Å². The number of esters is 1. The van der Waals surface area contributed by atoms with Crippen LogP contribution in [0, 0.1) is 0 Å². The highest BCUT2D eigenvalue weighted by Crippen LogP contribution is 2.19. The lowest BCUT2D eigenvalue weighted by atomic mass is 10.1. The normalized spacial score (nSPS) is 15.6. The molecule has 0 aliphatic carbocycles. The molecule has 28 heavy (non-hydrogen) atoms. The van der Waals surface area contributed by atoms with Gasteiger partial charge >= 0.3 is 5.97 Å². The van der Waals surface area contributed by atoms with Gasteiger partial charge in [0, 0.05) is 29.7 Å². The number of hydrogen-bond acceptors (Lipinski definition) is 5. The maximum atomic E-state index is 12.8. The highest BCUT2D eigenvalue weighted by atomic mass is 79.9. The number of amides is 1. The Morgan fingerprint density at radius 2 is 1.89 bits per heavy atom. The lowest BCUT2D eigenvalue weighted by Gasteiger charge is -2.26. The fourth-order valence-electron chi connectivity index (χ4n) is 3.09. The first kappa shape index (κ1) is 20.5. The minimum atomic E-state index is -0.867. The first-order chi connectivity index (χ1) is 13.6. The second-order valence-corrected chi connectivity index (χ2v) is 7.49. The Hall–Kier alpha value is -2.22. The topological polar surface area (TPSA) is 67.9 Å².